The monoisotopic (exact) mass is 417 g/mol. The molecule has 160 valence electrons. The summed E-state index contributed by atoms with van der Waals surface area (Å²) in [6.45, 7) is 11.4. The van der Waals surface area contributed by atoms with Crippen molar-refractivity contribution in [3.8, 4) is 5.75 Å². The molecular formula is C24H36ClN3O. The minimum Gasteiger partial charge on any atom is -0.489 e. The van der Waals surface area contributed by atoms with Crippen molar-refractivity contribution in [2.75, 3.05) is 59.5 Å². The highest BCUT2D eigenvalue weighted by Gasteiger charge is 2.28. The quantitative estimate of drug-likeness (QED) is 0.688. The Hall–Kier alpha value is -1.07. The van der Waals surface area contributed by atoms with Gasteiger partial charge in [0.15, 0.2) is 0 Å². The van der Waals surface area contributed by atoms with E-state index in [-0.39, 0.29) is 0 Å². The zero-order chi connectivity index (χ0) is 20.2. The van der Waals surface area contributed by atoms with E-state index in [1.807, 2.05) is 18.2 Å². The van der Waals surface area contributed by atoms with Gasteiger partial charge in [-0.25, -0.2) is 0 Å². The van der Waals surface area contributed by atoms with Crippen LogP contribution >= 0.6 is 11.6 Å². The highest BCUT2D eigenvalue weighted by Crippen LogP contribution is 2.30. The molecular weight excluding hydrogens is 382 g/mol. The highest BCUT2D eigenvalue weighted by atomic mass is 35.5. The van der Waals surface area contributed by atoms with E-state index in [4.69, 9.17) is 16.3 Å². The van der Waals surface area contributed by atoms with Gasteiger partial charge >= 0.3 is 0 Å². The Morgan fingerprint density at radius 1 is 1.10 bits per heavy atom. The molecule has 0 spiro atoms. The Bertz CT molecular complexity index is 706. The van der Waals surface area contributed by atoms with Gasteiger partial charge in [-0.1, -0.05) is 18.5 Å². The molecule has 3 heterocycles. The maximum atomic E-state index is 6.16. The Morgan fingerprint density at radius 3 is 2.59 bits per heavy atom. The van der Waals surface area contributed by atoms with Crippen molar-refractivity contribution in [1.29, 1.82) is 0 Å². The molecule has 0 atom stereocenters. The molecule has 1 aromatic rings. The maximum absolute atomic E-state index is 6.16. The van der Waals surface area contributed by atoms with Crippen molar-refractivity contribution in [2.24, 2.45) is 5.92 Å². The van der Waals surface area contributed by atoms with Crippen LogP contribution in [-0.4, -0.2) is 80.2 Å². The summed E-state index contributed by atoms with van der Waals surface area (Å²) in [5.74, 6) is 1.77. The van der Waals surface area contributed by atoms with Crippen LogP contribution in [0.1, 0.15) is 38.2 Å². The first-order valence-electron chi connectivity index (χ1n) is 11.4. The molecule has 0 saturated carbocycles. The average molecular weight is 418 g/mol. The Kier molecular flexibility index (Phi) is 7.17. The summed E-state index contributed by atoms with van der Waals surface area (Å²) in [5, 5.41) is 0.772. The van der Waals surface area contributed by atoms with Crippen LogP contribution in [0.2, 0.25) is 5.02 Å². The van der Waals surface area contributed by atoms with Crippen LogP contribution in [0.15, 0.2) is 23.8 Å². The topological polar surface area (TPSA) is 19.0 Å². The summed E-state index contributed by atoms with van der Waals surface area (Å²) in [7, 11) is 2.25. The van der Waals surface area contributed by atoms with E-state index in [1.165, 1.54) is 64.0 Å². The lowest BCUT2D eigenvalue weighted by atomic mass is 9.93. The molecule has 0 radical (unpaired) electrons. The zero-order valence-corrected chi connectivity index (χ0v) is 18.8. The molecule has 0 amide bonds. The molecule has 3 aliphatic rings. The van der Waals surface area contributed by atoms with E-state index in [0.717, 1.165) is 41.4 Å². The third-order valence-corrected chi connectivity index (χ3v) is 7.22. The smallest absolute Gasteiger partial charge is 0.127 e. The van der Waals surface area contributed by atoms with Crippen molar-refractivity contribution >= 4 is 17.7 Å². The molecule has 29 heavy (non-hydrogen) atoms. The molecule has 5 heteroatoms. The van der Waals surface area contributed by atoms with E-state index in [2.05, 4.69) is 34.7 Å². The number of halogens is 1. The summed E-state index contributed by atoms with van der Waals surface area (Å²) in [5.41, 5.74) is 2.46. The van der Waals surface area contributed by atoms with E-state index in [1.54, 1.807) is 0 Å². The van der Waals surface area contributed by atoms with Gasteiger partial charge in [-0.15, -0.1) is 0 Å². The number of fused-ring (bicyclic) bond motifs is 1. The fourth-order valence-electron chi connectivity index (χ4n) is 5.11. The molecule has 0 aromatic heterocycles. The fourth-order valence-corrected chi connectivity index (χ4v) is 5.29. The van der Waals surface area contributed by atoms with E-state index < -0.39 is 0 Å². The van der Waals surface area contributed by atoms with Crippen molar-refractivity contribution < 1.29 is 4.74 Å². The predicted molar refractivity (Wildman–Crippen MR) is 122 cm³/mol. The number of hydrogen-bond donors (Lipinski definition) is 0. The summed E-state index contributed by atoms with van der Waals surface area (Å²) in [4.78, 5) is 7.84. The van der Waals surface area contributed by atoms with Gasteiger partial charge in [0, 0.05) is 29.7 Å². The molecule has 0 N–H and O–H groups in total. The van der Waals surface area contributed by atoms with Crippen LogP contribution in [-0.2, 0) is 0 Å². The summed E-state index contributed by atoms with van der Waals surface area (Å²) in [6.07, 6.45) is 7.66. The number of likely N-dealkylation sites (tertiary alicyclic amines) is 2. The SMILES string of the molecule is CCN(CC1=Cc2cc(Cl)ccc2OC1)CC1CCN(C2CCN(C)CC2)CC1. The summed E-state index contributed by atoms with van der Waals surface area (Å²) in [6, 6.07) is 6.70. The Morgan fingerprint density at radius 2 is 1.86 bits per heavy atom. The normalized spacial score (nSPS) is 22.4. The number of likely N-dealkylation sites (N-methyl/N-ethyl adjacent to an activating group) is 1. The first-order valence-corrected chi connectivity index (χ1v) is 11.7. The van der Waals surface area contributed by atoms with Crippen LogP contribution in [0.25, 0.3) is 6.08 Å². The van der Waals surface area contributed by atoms with Crippen LogP contribution in [0.4, 0.5) is 0 Å². The van der Waals surface area contributed by atoms with Gasteiger partial charge in [-0.2, -0.15) is 0 Å². The van der Waals surface area contributed by atoms with Crippen molar-refractivity contribution in [3.05, 3.63) is 34.4 Å². The van der Waals surface area contributed by atoms with Gasteiger partial charge in [0.05, 0.1) is 0 Å². The van der Waals surface area contributed by atoms with Crippen molar-refractivity contribution in [2.45, 2.75) is 38.6 Å². The standard InChI is InChI=1S/C24H36ClN3O/c1-3-27(17-20-14-21-15-22(25)4-5-24(21)29-18-20)16-19-6-12-28(13-7-19)23-8-10-26(2)11-9-23/h4-5,14-15,19,23H,3,6-13,16-18H2,1-2H3. The van der Waals surface area contributed by atoms with E-state index in [0.29, 0.717) is 6.61 Å². The Balaban J connectivity index is 1.27. The summed E-state index contributed by atoms with van der Waals surface area (Å²) >= 11 is 6.16. The van der Waals surface area contributed by atoms with Gasteiger partial charge in [0.1, 0.15) is 12.4 Å². The first-order chi connectivity index (χ1) is 14.1. The lowest BCUT2D eigenvalue weighted by Crippen LogP contribution is -2.48. The predicted octanol–water partition coefficient (Wildman–Crippen LogP) is 4.24. The van der Waals surface area contributed by atoms with Crippen molar-refractivity contribution in [1.82, 2.24) is 14.7 Å². The van der Waals surface area contributed by atoms with Crippen LogP contribution in [0.5, 0.6) is 5.75 Å². The van der Waals surface area contributed by atoms with Gasteiger partial charge in [0.2, 0.25) is 0 Å². The molecule has 2 fully saturated rings. The number of piperidine rings is 2. The van der Waals surface area contributed by atoms with Crippen LogP contribution < -0.4 is 4.74 Å². The fraction of sp³-hybridized carbons (Fsp3) is 0.667. The molecule has 0 unspecified atom stereocenters. The molecule has 1 aromatic carbocycles. The minimum atomic E-state index is 0.694. The zero-order valence-electron chi connectivity index (χ0n) is 18.1. The molecule has 0 bridgehead atoms. The Labute approximate surface area is 181 Å². The number of rotatable bonds is 6. The number of nitrogens with zero attached hydrogens (tertiary/aromatic N) is 3. The second-order valence-electron chi connectivity index (χ2n) is 9.11. The van der Waals surface area contributed by atoms with E-state index in [9.17, 15) is 0 Å². The van der Waals surface area contributed by atoms with Gasteiger partial charge in [-0.05, 0) is 101 Å². The van der Waals surface area contributed by atoms with Crippen molar-refractivity contribution in [3.63, 3.8) is 0 Å². The molecule has 0 aliphatic carbocycles. The lowest BCUT2D eigenvalue weighted by molar-refractivity contribution is 0.0762. The highest BCUT2D eigenvalue weighted by molar-refractivity contribution is 6.30. The van der Waals surface area contributed by atoms with E-state index >= 15 is 0 Å². The maximum Gasteiger partial charge on any atom is 0.127 e. The summed E-state index contributed by atoms with van der Waals surface area (Å²) < 4.78 is 5.95. The number of hydrogen-bond acceptors (Lipinski definition) is 4. The third kappa shape index (κ3) is 5.55. The first kappa shape index (κ1) is 21.2. The van der Waals surface area contributed by atoms with Crippen LogP contribution in [0, 0.1) is 5.92 Å². The van der Waals surface area contributed by atoms with Crippen LogP contribution in [0.3, 0.4) is 0 Å². The minimum absolute atomic E-state index is 0.694. The van der Waals surface area contributed by atoms with Gasteiger partial charge < -0.3 is 14.5 Å². The third-order valence-electron chi connectivity index (χ3n) is 6.99. The van der Waals surface area contributed by atoms with Gasteiger partial charge in [0.25, 0.3) is 0 Å². The van der Waals surface area contributed by atoms with Gasteiger partial charge in [-0.3, -0.25) is 4.90 Å². The second-order valence-corrected chi connectivity index (χ2v) is 9.55. The molecule has 3 aliphatic heterocycles. The molecule has 2 saturated heterocycles. The largest absolute Gasteiger partial charge is 0.489 e. The lowest BCUT2D eigenvalue weighted by Gasteiger charge is -2.42. The number of benzene rings is 1. The average Bonchev–Trinajstić information content (AvgIpc) is 2.74. The second kappa shape index (κ2) is 9.82. The number of ether oxygens (including phenoxy) is 1. The molecule has 4 rings (SSSR count). The molecule has 4 nitrogen and oxygen atoms in total.